The summed E-state index contributed by atoms with van der Waals surface area (Å²) in [5, 5.41) is 25.1. The molecule has 0 unspecified atom stereocenters. The van der Waals surface area contributed by atoms with Crippen LogP contribution in [-0.2, 0) is 15.8 Å². The van der Waals surface area contributed by atoms with E-state index in [-0.39, 0.29) is 72.1 Å². The van der Waals surface area contributed by atoms with Gasteiger partial charge in [-0.15, -0.1) is 0 Å². The van der Waals surface area contributed by atoms with Crippen LogP contribution in [-0.4, -0.2) is 79.5 Å². The van der Waals surface area contributed by atoms with E-state index in [4.69, 9.17) is 24.1 Å². The van der Waals surface area contributed by atoms with Crippen molar-refractivity contribution in [2.24, 2.45) is 0 Å². The largest absolute Gasteiger partial charge is 0.493 e. The summed E-state index contributed by atoms with van der Waals surface area (Å²) in [5.41, 5.74) is -5.58. The number of pyridine rings is 1. The number of fused-ring (bicyclic) bond motifs is 1. The van der Waals surface area contributed by atoms with E-state index < -0.39 is 47.2 Å². The second kappa shape index (κ2) is 13.2. The van der Waals surface area contributed by atoms with Crippen molar-refractivity contribution in [3.63, 3.8) is 0 Å². The van der Waals surface area contributed by atoms with Crippen LogP contribution in [0.15, 0.2) is 48.5 Å². The number of ether oxygens (including phenoxy) is 4. The monoisotopic (exact) mass is 663 g/mol. The molecule has 47 heavy (non-hydrogen) atoms. The number of methoxy groups -OCH3 is 1. The minimum Gasteiger partial charge on any atom is -0.493 e. The van der Waals surface area contributed by atoms with Gasteiger partial charge in [-0.1, -0.05) is 0 Å². The summed E-state index contributed by atoms with van der Waals surface area (Å²) < 4.78 is 79.9. The molecule has 0 radical (unpaired) electrons. The number of hydrogen-bond acceptors (Lipinski definition) is 9. The standard InChI is InChI=1S/C32H33F4N3O8/c1-30(17-47-29(42)38-21-8-9-21)16-46-27-22(30)14-25(39-26(27)18-3-6-20(33)7-4-18)31(43,32(34,35)36)15-37-28(41)19-5-10-23(45-12-11-40)24(13-19)44-2/h3-7,10,13-14,21,40,43H,8-9,11-12,15-17H2,1-2H3,(H,37,41)(H,38,42)/t30-,31+/m1/s1. The Morgan fingerprint density at radius 1 is 1.11 bits per heavy atom. The van der Waals surface area contributed by atoms with Crippen molar-refractivity contribution in [2.75, 3.05) is 40.1 Å². The zero-order valence-corrected chi connectivity index (χ0v) is 25.4. The zero-order chi connectivity index (χ0) is 34.0. The highest BCUT2D eigenvalue weighted by Crippen LogP contribution is 2.48. The van der Waals surface area contributed by atoms with E-state index in [0.29, 0.717) is 0 Å². The summed E-state index contributed by atoms with van der Waals surface area (Å²) in [6.45, 7) is -0.428. The van der Waals surface area contributed by atoms with Gasteiger partial charge in [-0.3, -0.25) is 4.79 Å². The van der Waals surface area contributed by atoms with Crippen molar-refractivity contribution in [3.8, 4) is 28.5 Å². The van der Waals surface area contributed by atoms with E-state index >= 15 is 0 Å². The highest BCUT2D eigenvalue weighted by molar-refractivity contribution is 5.95. The number of nitrogens with one attached hydrogen (secondary N) is 2. The first-order valence-electron chi connectivity index (χ1n) is 14.6. The maximum absolute atomic E-state index is 14.8. The number of carbonyl (C=O) groups is 2. The number of nitrogens with zero attached hydrogens (tertiary/aromatic N) is 1. The van der Waals surface area contributed by atoms with Crippen LogP contribution in [0.2, 0.25) is 0 Å². The smallest absolute Gasteiger partial charge is 0.424 e. The maximum Gasteiger partial charge on any atom is 0.424 e. The van der Waals surface area contributed by atoms with Gasteiger partial charge in [0.15, 0.2) is 11.5 Å². The summed E-state index contributed by atoms with van der Waals surface area (Å²) in [6.07, 6.45) is -4.40. The third-order valence-corrected chi connectivity index (χ3v) is 7.87. The van der Waals surface area contributed by atoms with Gasteiger partial charge in [0.2, 0.25) is 5.60 Å². The Kier molecular flexibility index (Phi) is 9.50. The molecule has 1 aliphatic heterocycles. The highest BCUT2D eigenvalue weighted by Gasteiger charge is 2.57. The van der Waals surface area contributed by atoms with Crippen LogP contribution in [0.5, 0.6) is 17.2 Å². The molecule has 5 rings (SSSR count). The van der Waals surface area contributed by atoms with E-state index in [1.165, 1.54) is 37.4 Å². The van der Waals surface area contributed by atoms with Gasteiger partial charge in [0.25, 0.3) is 5.91 Å². The molecule has 252 valence electrons. The SMILES string of the molecule is COc1cc(C(=O)NC[C@](O)(c2cc3c(c(-c4ccc(F)cc4)n2)OC[C@]3(C)COC(=O)NC2CC2)C(F)(F)F)ccc1OCCO. The average molecular weight is 664 g/mol. The molecule has 15 heteroatoms. The van der Waals surface area contributed by atoms with E-state index in [1.54, 1.807) is 6.92 Å². The molecule has 2 atom stereocenters. The molecule has 11 nitrogen and oxygen atoms in total. The summed E-state index contributed by atoms with van der Waals surface area (Å²) in [5.74, 6) is -1.20. The Balaban J connectivity index is 1.50. The van der Waals surface area contributed by atoms with Crippen LogP contribution < -0.4 is 24.8 Å². The lowest BCUT2D eigenvalue weighted by atomic mass is 9.83. The molecule has 4 N–H and O–H groups in total. The molecule has 0 bridgehead atoms. The van der Waals surface area contributed by atoms with Crippen molar-refractivity contribution in [3.05, 3.63) is 71.2 Å². The van der Waals surface area contributed by atoms with Gasteiger partial charge in [-0.2, -0.15) is 13.2 Å². The van der Waals surface area contributed by atoms with Gasteiger partial charge in [-0.05, 0) is 68.3 Å². The van der Waals surface area contributed by atoms with Crippen molar-refractivity contribution < 1.29 is 56.3 Å². The van der Waals surface area contributed by atoms with Gasteiger partial charge in [0.1, 0.15) is 37.1 Å². The molecule has 0 saturated heterocycles. The van der Waals surface area contributed by atoms with Crippen molar-refractivity contribution in [1.82, 2.24) is 15.6 Å². The minimum absolute atomic E-state index is 0.0129. The van der Waals surface area contributed by atoms with E-state index in [9.17, 15) is 32.3 Å². The lowest BCUT2D eigenvalue weighted by molar-refractivity contribution is -0.265. The number of amides is 2. The topological polar surface area (TPSA) is 148 Å². The first-order chi connectivity index (χ1) is 22.3. The first kappa shape index (κ1) is 33.7. The van der Waals surface area contributed by atoms with Crippen molar-refractivity contribution in [2.45, 2.75) is 43.0 Å². The fourth-order valence-corrected chi connectivity index (χ4v) is 4.96. The summed E-state index contributed by atoms with van der Waals surface area (Å²) >= 11 is 0. The highest BCUT2D eigenvalue weighted by atomic mass is 19.4. The van der Waals surface area contributed by atoms with Gasteiger partial charge < -0.3 is 39.8 Å². The molecule has 1 saturated carbocycles. The summed E-state index contributed by atoms with van der Waals surface area (Å²) in [7, 11) is 1.30. The molecular formula is C32H33F4N3O8. The lowest BCUT2D eigenvalue weighted by Gasteiger charge is -2.32. The number of aliphatic hydroxyl groups excluding tert-OH is 1. The number of hydrogen-bond donors (Lipinski definition) is 4. The van der Waals surface area contributed by atoms with Crippen LogP contribution in [0, 0.1) is 5.82 Å². The first-order valence-corrected chi connectivity index (χ1v) is 14.6. The number of aromatic nitrogens is 1. The molecule has 3 aromatic rings. The zero-order valence-electron chi connectivity index (χ0n) is 25.4. The number of aliphatic hydroxyl groups is 2. The fraction of sp³-hybridized carbons (Fsp3) is 0.406. The van der Waals surface area contributed by atoms with Crippen LogP contribution in [0.25, 0.3) is 11.3 Å². The van der Waals surface area contributed by atoms with Crippen molar-refractivity contribution in [1.29, 1.82) is 0 Å². The number of rotatable bonds is 12. The third-order valence-electron chi connectivity index (χ3n) is 7.87. The minimum atomic E-state index is -5.35. The predicted molar refractivity (Wildman–Crippen MR) is 158 cm³/mol. The predicted octanol–water partition coefficient (Wildman–Crippen LogP) is 3.99. The van der Waals surface area contributed by atoms with Crippen LogP contribution in [0.3, 0.4) is 0 Å². The number of alkyl carbamates (subject to hydrolysis) is 1. The van der Waals surface area contributed by atoms with Gasteiger partial charge in [0, 0.05) is 22.7 Å². The van der Waals surface area contributed by atoms with Crippen LogP contribution in [0.1, 0.15) is 41.4 Å². The number of carbonyl (C=O) groups excluding carboxylic acids is 2. The van der Waals surface area contributed by atoms with Crippen LogP contribution in [0.4, 0.5) is 22.4 Å². The lowest BCUT2D eigenvalue weighted by Crippen LogP contribution is -2.51. The Morgan fingerprint density at radius 2 is 1.83 bits per heavy atom. The second-order valence-electron chi connectivity index (χ2n) is 11.6. The normalized spacial score (nSPS) is 18.4. The average Bonchev–Trinajstić information content (AvgIpc) is 3.80. The molecule has 2 aliphatic rings. The van der Waals surface area contributed by atoms with E-state index in [0.717, 1.165) is 31.0 Å². The second-order valence-corrected chi connectivity index (χ2v) is 11.6. The van der Waals surface area contributed by atoms with Gasteiger partial charge in [-0.25, -0.2) is 14.2 Å². The Hall–Kier alpha value is -4.63. The fourth-order valence-electron chi connectivity index (χ4n) is 4.96. The molecular weight excluding hydrogens is 630 g/mol. The molecule has 2 aromatic carbocycles. The number of benzene rings is 2. The van der Waals surface area contributed by atoms with E-state index in [1.807, 2.05) is 0 Å². The molecule has 2 heterocycles. The summed E-state index contributed by atoms with van der Waals surface area (Å²) in [6, 6.07) is 9.69. The quantitative estimate of drug-likeness (QED) is 0.211. The molecule has 2 amide bonds. The van der Waals surface area contributed by atoms with Crippen LogP contribution >= 0.6 is 0 Å². The molecule has 1 aliphatic carbocycles. The molecule has 0 spiro atoms. The third kappa shape index (κ3) is 7.20. The van der Waals surface area contributed by atoms with Gasteiger partial charge in [0.05, 0.1) is 31.4 Å². The Bertz CT molecular complexity index is 1630. The molecule has 1 aromatic heterocycles. The van der Waals surface area contributed by atoms with Crippen molar-refractivity contribution >= 4 is 12.0 Å². The Morgan fingerprint density at radius 3 is 2.47 bits per heavy atom. The number of halogens is 4. The summed E-state index contributed by atoms with van der Waals surface area (Å²) in [4.78, 5) is 29.5. The number of alkyl halides is 3. The molecule has 1 fully saturated rings. The Labute approximate surface area is 266 Å². The van der Waals surface area contributed by atoms with Gasteiger partial charge >= 0.3 is 12.3 Å². The van der Waals surface area contributed by atoms with E-state index in [2.05, 4.69) is 15.6 Å². The maximum atomic E-state index is 14.8.